The lowest BCUT2D eigenvalue weighted by atomic mass is 10.1. The summed E-state index contributed by atoms with van der Waals surface area (Å²) in [5, 5.41) is 2.74. The second-order valence-corrected chi connectivity index (χ2v) is 8.32. The number of hydrogen-bond donors (Lipinski definition) is 1. The summed E-state index contributed by atoms with van der Waals surface area (Å²) in [7, 11) is -1.86. The molecule has 158 valence electrons. The Morgan fingerprint density at radius 3 is 2.03 bits per heavy atom. The number of benzene rings is 3. The molecule has 0 fully saturated rings. The topological polar surface area (TPSA) is 81.7 Å². The van der Waals surface area contributed by atoms with Crippen molar-refractivity contribution < 1.29 is 22.1 Å². The molecule has 0 heterocycles. The fourth-order valence-corrected chi connectivity index (χ4v) is 3.03. The van der Waals surface area contributed by atoms with Gasteiger partial charge in [-0.05, 0) is 53.1 Å². The minimum Gasteiger partial charge on any atom is -0.497 e. The number of ether oxygens (including phenoxy) is 1. The zero-order chi connectivity index (χ0) is 22.3. The number of amides is 1. The summed E-state index contributed by atoms with van der Waals surface area (Å²) < 4.78 is 31.9. The predicted molar refractivity (Wildman–Crippen MR) is 120 cm³/mol. The Kier molecular flexibility index (Phi) is 7.08. The van der Waals surface area contributed by atoms with Crippen molar-refractivity contribution in [3.8, 4) is 28.7 Å². The summed E-state index contributed by atoms with van der Waals surface area (Å²) in [6.45, 7) is -0.0421. The van der Waals surface area contributed by atoms with E-state index >= 15 is 0 Å². The van der Waals surface area contributed by atoms with Gasteiger partial charge in [0.15, 0.2) is 0 Å². The molecule has 0 unspecified atom stereocenters. The second-order valence-electron chi connectivity index (χ2n) is 6.67. The fraction of sp³-hybridized carbons (Fsp3) is 0.125. The number of carbonyl (C=O) groups excluding carboxylic acids is 1. The highest BCUT2D eigenvalue weighted by Gasteiger charge is 2.03. The van der Waals surface area contributed by atoms with Crippen molar-refractivity contribution in [3.63, 3.8) is 0 Å². The number of rotatable bonds is 6. The van der Waals surface area contributed by atoms with Crippen LogP contribution in [0.2, 0.25) is 0 Å². The maximum atomic E-state index is 12.1. The van der Waals surface area contributed by atoms with Crippen LogP contribution in [0.1, 0.15) is 11.1 Å². The Balaban J connectivity index is 1.58. The van der Waals surface area contributed by atoms with Crippen molar-refractivity contribution in [2.45, 2.75) is 6.61 Å². The van der Waals surface area contributed by atoms with E-state index in [4.69, 9.17) is 8.92 Å². The van der Waals surface area contributed by atoms with Crippen molar-refractivity contribution >= 4 is 21.7 Å². The van der Waals surface area contributed by atoms with Gasteiger partial charge in [0, 0.05) is 17.2 Å². The van der Waals surface area contributed by atoms with Gasteiger partial charge in [0.25, 0.3) is 10.1 Å². The zero-order valence-corrected chi connectivity index (χ0v) is 17.9. The maximum absolute atomic E-state index is 12.1. The van der Waals surface area contributed by atoms with Gasteiger partial charge in [-0.15, -0.1) is 0 Å². The highest BCUT2D eigenvalue weighted by atomic mass is 32.2. The van der Waals surface area contributed by atoms with Crippen LogP contribution >= 0.6 is 0 Å². The Morgan fingerprint density at radius 2 is 1.48 bits per heavy atom. The lowest BCUT2D eigenvalue weighted by Gasteiger charge is -2.06. The van der Waals surface area contributed by atoms with E-state index in [1.807, 2.05) is 48.5 Å². The van der Waals surface area contributed by atoms with Gasteiger partial charge in [0.1, 0.15) is 5.75 Å². The van der Waals surface area contributed by atoms with Crippen LogP contribution in [0.25, 0.3) is 11.1 Å². The summed E-state index contributed by atoms with van der Waals surface area (Å²) in [6.07, 6.45) is 0.998. The smallest absolute Gasteiger partial charge is 0.300 e. The van der Waals surface area contributed by atoms with E-state index in [-0.39, 0.29) is 6.61 Å². The third-order valence-electron chi connectivity index (χ3n) is 4.28. The Morgan fingerprint density at radius 1 is 0.903 bits per heavy atom. The molecule has 31 heavy (non-hydrogen) atoms. The first kappa shape index (κ1) is 22.1. The van der Waals surface area contributed by atoms with Crippen LogP contribution in [0.4, 0.5) is 5.69 Å². The standard InChI is InChI=1S/C24H21NO5S/c1-29-23-14-10-21(11-15-23)20-8-12-22(13-9-20)25-24(26)16-7-18-3-5-19(6-4-18)17-30-31(2,27)28/h3-6,8-15H,17H2,1-2H3,(H,25,26). The van der Waals surface area contributed by atoms with Crippen LogP contribution in [0.15, 0.2) is 72.8 Å². The first-order valence-corrected chi connectivity index (χ1v) is 11.1. The van der Waals surface area contributed by atoms with E-state index in [9.17, 15) is 13.2 Å². The van der Waals surface area contributed by atoms with E-state index in [1.54, 1.807) is 31.4 Å². The average molecular weight is 436 g/mol. The summed E-state index contributed by atoms with van der Waals surface area (Å²) in [4.78, 5) is 12.1. The fourth-order valence-electron chi connectivity index (χ4n) is 2.68. The van der Waals surface area contributed by atoms with E-state index in [1.165, 1.54) is 0 Å². The van der Waals surface area contributed by atoms with Gasteiger partial charge in [0.2, 0.25) is 0 Å². The third kappa shape index (κ3) is 7.00. The number of nitrogens with one attached hydrogen (secondary N) is 1. The monoisotopic (exact) mass is 435 g/mol. The van der Waals surface area contributed by atoms with E-state index in [2.05, 4.69) is 17.2 Å². The van der Waals surface area contributed by atoms with Crippen LogP contribution < -0.4 is 10.1 Å². The molecule has 3 aromatic rings. The Labute approximate surface area is 182 Å². The third-order valence-corrected chi connectivity index (χ3v) is 4.83. The molecule has 1 N–H and O–H groups in total. The lowest BCUT2D eigenvalue weighted by Crippen LogP contribution is -2.08. The predicted octanol–water partition coefficient (Wildman–Crippen LogP) is 3.83. The van der Waals surface area contributed by atoms with Gasteiger partial charge >= 0.3 is 5.91 Å². The largest absolute Gasteiger partial charge is 0.497 e. The lowest BCUT2D eigenvalue weighted by molar-refractivity contribution is -0.111. The molecule has 0 spiro atoms. The molecule has 0 atom stereocenters. The molecule has 6 nitrogen and oxygen atoms in total. The Bertz CT molecular complexity index is 1200. The maximum Gasteiger partial charge on any atom is 0.300 e. The molecule has 3 rings (SSSR count). The highest BCUT2D eigenvalue weighted by molar-refractivity contribution is 7.85. The van der Waals surface area contributed by atoms with Crippen molar-refractivity contribution in [2.75, 3.05) is 18.7 Å². The number of anilines is 1. The van der Waals surface area contributed by atoms with Gasteiger partial charge < -0.3 is 10.1 Å². The summed E-state index contributed by atoms with van der Waals surface area (Å²) >= 11 is 0. The van der Waals surface area contributed by atoms with Gasteiger partial charge in [-0.2, -0.15) is 8.42 Å². The molecule has 1 amide bonds. The van der Waals surface area contributed by atoms with Crippen molar-refractivity contribution in [1.29, 1.82) is 0 Å². The van der Waals surface area contributed by atoms with Crippen LogP contribution in [-0.4, -0.2) is 27.7 Å². The SMILES string of the molecule is COc1ccc(-c2ccc(NC(=O)C#Cc3ccc(COS(C)(=O)=O)cc3)cc2)cc1. The average Bonchev–Trinajstić information content (AvgIpc) is 2.77. The molecular weight excluding hydrogens is 414 g/mol. The van der Waals surface area contributed by atoms with Crippen molar-refractivity contribution in [1.82, 2.24) is 0 Å². The van der Waals surface area contributed by atoms with Crippen LogP contribution in [0, 0.1) is 11.8 Å². The molecule has 0 aliphatic rings. The van der Waals surface area contributed by atoms with E-state index < -0.39 is 16.0 Å². The highest BCUT2D eigenvalue weighted by Crippen LogP contribution is 2.23. The molecule has 0 aliphatic carbocycles. The van der Waals surface area contributed by atoms with Gasteiger partial charge in [-0.3, -0.25) is 8.98 Å². The van der Waals surface area contributed by atoms with Crippen LogP contribution in [0.3, 0.4) is 0 Å². The van der Waals surface area contributed by atoms with Crippen LogP contribution in [0.5, 0.6) is 5.75 Å². The number of hydrogen-bond acceptors (Lipinski definition) is 5. The minimum absolute atomic E-state index is 0.0421. The van der Waals surface area contributed by atoms with Crippen molar-refractivity contribution in [2.24, 2.45) is 0 Å². The zero-order valence-electron chi connectivity index (χ0n) is 17.1. The number of carbonyl (C=O) groups is 1. The normalized spacial score (nSPS) is 10.6. The first-order chi connectivity index (χ1) is 14.8. The summed E-state index contributed by atoms with van der Waals surface area (Å²) in [5.41, 5.74) is 4.03. The van der Waals surface area contributed by atoms with E-state index in [0.29, 0.717) is 16.8 Å². The molecule has 7 heteroatoms. The van der Waals surface area contributed by atoms with E-state index in [0.717, 1.165) is 23.1 Å². The molecule has 0 saturated carbocycles. The second kappa shape index (κ2) is 9.94. The molecule has 0 bridgehead atoms. The molecule has 3 aromatic carbocycles. The number of methoxy groups -OCH3 is 1. The molecule has 0 aromatic heterocycles. The quantitative estimate of drug-likeness (QED) is 0.470. The van der Waals surface area contributed by atoms with Gasteiger partial charge in [-0.1, -0.05) is 42.3 Å². The Hall–Kier alpha value is -3.60. The van der Waals surface area contributed by atoms with Gasteiger partial charge in [-0.25, -0.2) is 0 Å². The molecule has 0 saturated heterocycles. The summed E-state index contributed by atoms with van der Waals surface area (Å²) in [6, 6.07) is 22.0. The van der Waals surface area contributed by atoms with Crippen molar-refractivity contribution in [3.05, 3.63) is 83.9 Å². The minimum atomic E-state index is -3.49. The first-order valence-electron chi connectivity index (χ1n) is 9.33. The van der Waals surface area contributed by atoms with Gasteiger partial charge in [0.05, 0.1) is 20.0 Å². The molecular formula is C24H21NO5S. The molecule has 0 radical (unpaired) electrons. The molecule has 0 aliphatic heterocycles. The van der Waals surface area contributed by atoms with Crippen LogP contribution in [-0.2, 0) is 25.7 Å². The summed E-state index contributed by atoms with van der Waals surface area (Å²) in [5.74, 6) is 5.69.